The average molecular weight is 203 g/mol. The van der Waals surface area contributed by atoms with E-state index in [0.717, 1.165) is 6.21 Å². The molecule has 2 N–H and O–H groups in total. The Balaban J connectivity index is 2.83. The second-order valence-corrected chi connectivity index (χ2v) is 4.16. The predicted octanol–water partition coefficient (Wildman–Crippen LogP) is 1.02. The van der Waals surface area contributed by atoms with Crippen molar-refractivity contribution in [2.75, 3.05) is 5.48 Å². The first kappa shape index (κ1) is 11.7. The predicted molar refractivity (Wildman–Crippen MR) is 62.0 cm³/mol. The molecule has 0 atom stereocenters. The first-order chi connectivity index (χ1) is 6.92. The maximum Gasteiger partial charge on any atom is 0.116 e. The number of nitrogens with zero attached hydrogens (tertiary/aromatic N) is 1. The van der Waals surface area contributed by atoms with E-state index in [2.05, 4.69) is 10.5 Å². The lowest BCUT2D eigenvalue weighted by atomic mass is 9.98. The van der Waals surface area contributed by atoms with Gasteiger partial charge < -0.3 is 5.41 Å². The standard InChI is InChI=1S/C10H14BN3O/c1-10(2,3)15-14-8-4-7(11)6-13-9(8)5-12/h4-6,12,14H,1-3H3. The molecule has 0 amide bonds. The van der Waals surface area contributed by atoms with Crippen LogP contribution in [0.1, 0.15) is 26.5 Å². The van der Waals surface area contributed by atoms with Crippen LogP contribution in [0.25, 0.3) is 0 Å². The number of hydrogen-bond donors (Lipinski definition) is 2. The molecule has 0 unspecified atom stereocenters. The van der Waals surface area contributed by atoms with Crippen molar-refractivity contribution in [2.45, 2.75) is 26.4 Å². The second-order valence-electron chi connectivity index (χ2n) is 4.16. The van der Waals surface area contributed by atoms with E-state index in [1.165, 1.54) is 6.20 Å². The van der Waals surface area contributed by atoms with Gasteiger partial charge in [0, 0.05) is 12.4 Å². The van der Waals surface area contributed by atoms with Crippen molar-refractivity contribution in [3.63, 3.8) is 0 Å². The van der Waals surface area contributed by atoms with Gasteiger partial charge >= 0.3 is 0 Å². The van der Waals surface area contributed by atoms with Gasteiger partial charge in [-0.3, -0.25) is 15.3 Å². The topological polar surface area (TPSA) is 58.0 Å². The zero-order chi connectivity index (χ0) is 11.5. The molecule has 0 aromatic carbocycles. The summed E-state index contributed by atoms with van der Waals surface area (Å²) in [6, 6.07) is 1.68. The highest BCUT2D eigenvalue weighted by atomic mass is 16.7. The number of hydrogen-bond acceptors (Lipinski definition) is 4. The molecule has 0 aliphatic heterocycles. The van der Waals surface area contributed by atoms with Crippen LogP contribution < -0.4 is 10.9 Å². The summed E-state index contributed by atoms with van der Waals surface area (Å²) in [5.74, 6) is 0. The Morgan fingerprint density at radius 1 is 1.53 bits per heavy atom. The van der Waals surface area contributed by atoms with Crippen molar-refractivity contribution in [3.8, 4) is 0 Å². The first-order valence-electron chi connectivity index (χ1n) is 4.62. The normalized spacial score (nSPS) is 11.1. The molecule has 1 aromatic heterocycles. The molecule has 0 bridgehead atoms. The molecule has 1 rings (SSSR count). The molecule has 4 nitrogen and oxygen atoms in total. The molecule has 1 heterocycles. The summed E-state index contributed by atoms with van der Waals surface area (Å²) in [6.45, 7) is 5.76. The quantitative estimate of drug-likeness (QED) is 0.438. The van der Waals surface area contributed by atoms with E-state index in [1.807, 2.05) is 20.8 Å². The van der Waals surface area contributed by atoms with Gasteiger partial charge in [-0.05, 0) is 26.8 Å². The molecule has 0 saturated heterocycles. The summed E-state index contributed by atoms with van der Waals surface area (Å²) in [7, 11) is 5.59. The van der Waals surface area contributed by atoms with Gasteiger partial charge in [0.2, 0.25) is 0 Å². The number of anilines is 1. The molecule has 78 valence electrons. The summed E-state index contributed by atoms with van der Waals surface area (Å²) in [5, 5.41) is 7.17. The highest BCUT2D eigenvalue weighted by Gasteiger charge is 2.11. The SMILES string of the molecule is [B]c1cnc(C=N)c(NOC(C)(C)C)c1. The molecule has 0 aliphatic rings. The summed E-state index contributed by atoms with van der Waals surface area (Å²) in [4.78, 5) is 9.35. The molecular formula is C10H14BN3O. The van der Waals surface area contributed by atoms with E-state index in [4.69, 9.17) is 18.1 Å². The van der Waals surface area contributed by atoms with Gasteiger partial charge in [-0.2, -0.15) is 0 Å². The van der Waals surface area contributed by atoms with Crippen LogP contribution in [0.3, 0.4) is 0 Å². The molecule has 0 aliphatic carbocycles. The van der Waals surface area contributed by atoms with Crippen LogP contribution in [0.2, 0.25) is 0 Å². The minimum absolute atomic E-state index is 0.316. The van der Waals surface area contributed by atoms with E-state index in [1.54, 1.807) is 6.07 Å². The van der Waals surface area contributed by atoms with Gasteiger partial charge in [-0.15, -0.1) is 0 Å². The smallest absolute Gasteiger partial charge is 0.116 e. The lowest BCUT2D eigenvalue weighted by Gasteiger charge is -2.20. The lowest BCUT2D eigenvalue weighted by molar-refractivity contribution is 0.0374. The van der Waals surface area contributed by atoms with E-state index >= 15 is 0 Å². The van der Waals surface area contributed by atoms with Gasteiger partial charge in [-0.25, -0.2) is 0 Å². The second kappa shape index (κ2) is 4.44. The summed E-state index contributed by atoms with van der Waals surface area (Å²) >= 11 is 0. The van der Waals surface area contributed by atoms with Crippen LogP contribution in [0.15, 0.2) is 12.3 Å². The Labute approximate surface area is 90.9 Å². The number of nitrogens with one attached hydrogen (secondary N) is 2. The maximum atomic E-state index is 7.17. The summed E-state index contributed by atoms with van der Waals surface area (Å²) in [6.07, 6.45) is 2.65. The Morgan fingerprint density at radius 2 is 2.20 bits per heavy atom. The van der Waals surface area contributed by atoms with E-state index in [0.29, 0.717) is 16.8 Å². The van der Waals surface area contributed by atoms with Crippen molar-refractivity contribution in [2.24, 2.45) is 0 Å². The van der Waals surface area contributed by atoms with E-state index in [-0.39, 0.29) is 5.60 Å². The third kappa shape index (κ3) is 3.71. The Morgan fingerprint density at radius 3 is 2.73 bits per heavy atom. The molecule has 0 spiro atoms. The van der Waals surface area contributed by atoms with Crippen LogP contribution in [0, 0.1) is 5.41 Å². The van der Waals surface area contributed by atoms with Crippen LogP contribution in [0.5, 0.6) is 0 Å². The highest BCUT2D eigenvalue weighted by Crippen LogP contribution is 2.13. The first-order valence-corrected chi connectivity index (χ1v) is 4.62. The molecule has 2 radical (unpaired) electrons. The fourth-order valence-electron chi connectivity index (χ4n) is 0.896. The molecule has 15 heavy (non-hydrogen) atoms. The Hall–Kier alpha value is -1.36. The fourth-order valence-corrected chi connectivity index (χ4v) is 0.896. The van der Waals surface area contributed by atoms with Gasteiger partial charge in [0.1, 0.15) is 13.5 Å². The third-order valence-electron chi connectivity index (χ3n) is 1.54. The van der Waals surface area contributed by atoms with Gasteiger partial charge in [-0.1, -0.05) is 5.46 Å². The summed E-state index contributed by atoms with van der Waals surface area (Å²) in [5.41, 5.74) is 4.06. The van der Waals surface area contributed by atoms with Gasteiger partial charge in [0.05, 0.1) is 11.3 Å². The van der Waals surface area contributed by atoms with Crippen LogP contribution in [-0.4, -0.2) is 24.6 Å². The minimum Gasteiger partial charge on any atom is -0.306 e. The fraction of sp³-hybridized carbons (Fsp3) is 0.400. The largest absolute Gasteiger partial charge is 0.306 e. The molecule has 0 saturated carbocycles. The van der Waals surface area contributed by atoms with Crippen molar-refractivity contribution >= 4 is 25.2 Å². The van der Waals surface area contributed by atoms with Crippen LogP contribution in [0.4, 0.5) is 5.69 Å². The zero-order valence-corrected chi connectivity index (χ0v) is 9.16. The molecular weight excluding hydrogens is 189 g/mol. The number of aromatic nitrogens is 1. The van der Waals surface area contributed by atoms with E-state index < -0.39 is 0 Å². The van der Waals surface area contributed by atoms with Gasteiger partial charge in [0.25, 0.3) is 0 Å². The van der Waals surface area contributed by atoms with Crippen LogP contribution >= 0.6 is 0 Å². The monoisotopic (exact) mass is 203 g/mol. The van der Waals surface area contributed by atoms with Crippen molar-refractivity contribution in [1.29, 1.82) is 5.41 Å². The highest BCUT2D eigenvalue weighted by molar-refractivity contribution is 6.32. The Bertz CT molecular complexity index is 360. The minimum atomic E-state index is -0.316. The molecule has 5 heteroatoms. The third-order valence-corrected chi connectivity index (χ3v) is 1.54. The Kier molecular flexibility index (Phi) is 3.47. The van der Waals surface area contributed by atoms with Crippen molar-refractivity contribution in [1.82, 2.24) is 4.98 Å². The summed E-state index contributed by atoms with van der Waals surface area (Å²) < 4.78 is 0. The number of rotatable bonds is 3. The average Bonchev–Trinajstić information content (AvgIpc) is 2.14. The number of pyridine rings is 1. The maximum absolute atomic E-state index is 7.17. The lowest BCUT2D eigenvalue weighted by Crippen LogP contribution is -2.24. The zero-order valence-electron chi connectivity index (χ0n) is 9.16. The van der Waals surface area contributed by atoms with E-state index in [9.17, 15) is 0 Å². The van der Waals surface area contributed by atoms with Crippen molar-refractivity contribution < 1.29 is 4.84 Å². The van der Waals surface area contributed by atoms with Gasteiger partial charge in [0.15, 0.2) is 0 Å². The molecule has 1 aromatic rings. The van der Waals surface area contributed by atoms with Crippen LogP contribution in [-0.2, 0) is 4.84 Å². The molecule has 0 fully saturated rings. The van der Waals surface area contributed by atoms with Crippen molar-refractivity contribution in [3.05, 3.63) is 18.0 Å².